The lowest BCUT2D eigenvalue weighted by Crippen LogP contribution is -2.42. The quantitative estimate of drug-likeness (QED) is 0.309. The second-order valence-electron chi connectivity index (χ2n) is 9.25. The van der Waals surface area contributed by atoms with Crippen molar-refractivity contribution in [3.63, 3.8) is 0 Å². The maximum atomic E-state index is 13.3. The summed E-state index contributed by atoms with van der Waals surface area (Å²) in [5, 5.41) is 26.9. The van der Waals surface area contributed by atoms with E-state index < -0.39 is 0 Å². The van der Waals surface area contributed by atoms with Crippen LogP contribution in [0.5, 0.6) is 5.75 Å². The Hall–Kier alpha value is -4.73. The first-order chi connectivity index (χ1) is 18.5. The van der Waals surface area contributed by atoms with Crippen molar-refractivity contribution in [2.45, 2.75) is 19.3 Å². The molecule has 4 bridgehead atoms. The maximum Gasteiger partial charge on any atom is 0.254 e. The van der Waals surface area contributed by atoms with Gasteiger partial charge in [-0.05, 0) is 72.9 Å². The minimum Gasteiger partial charge on any atom is -0.507 e. The van der Waals surface area contributed by atoms with Crippen LogP contribution in [0.25, 0.3) is 22.2 Å². The number of nitrogens with one attached hydrogen (secondary N) is 3. The molecular weight excluding hydrogens is 484 g/mol. The standard InChI is InChI=1S/C28H28N6O4/c35-25-9-6-18-10-12-29-26(36)17-34(28(38)21-7-8-23-24(16-21)32-33-31-23)13-2-1-11-30-27(37)20-5-3-4-19(15-20)22(25)14-18/h3-9,14-16,35H,1-2,10-13,17H2,(H,29,36)(H,30,37)(H,31,32,33). The molecule has 38 heavy (non-hydrogen) atoms. The van der Waals surface area contributed by atoms with Gasteiger partial charge in [-0.2, -0.15) is 15.4 Å². The summed E-state index contributed by atoms with van der Waals surface area (Å²) in [6.45, 7) is 1.06. The Morgan fingerprint density at radius 2 is 1.71 bits per heavy atom. The van der Waals surface area contributed by atoms with Crippen LogP contribution in [0.1, 0.15) is 39.1 Å². The van der Waals surface area contributed by atoms with Gasteiger partial charge in [0, 0.05) is 36.3 Å². The molecule has 0 atom stereocenters. The zero-order valence-electron chi connectivity index (χ0n) is 20.7. The van der Waals surface area contributed by atoms with Crippen molar-refractivity contribution in [3.05, 3.63) is 77.4 Å². The number of hydrogen-bond donors (Lipinski definition) is 4. The predicted molar refractivity (Wildman–Crippen MR) is 142 cm³/mol. The van der Waals surface area contributed by atoms with Crippen molar-refractivity contribution in [1.29, 1.82) is 0 Å². The number of fused-ring (bicyclic) bond motifs is 6. The molecule has 10 nitrogen and oxygen atoms in total. The van der Waals surface area contributed by atoms with Crippen molar-refractivity contribution in [2.24, 2.45) is 0 Å². The van der Waals surface area contributed by atoms with Crippen LogP contribution in [0.15, 0.2) is 60.7 Å². The molecule has 0 unspecified atom stereocenters. The molecule has 0 radical (unpaired) electrons. The molecule has 1 aliphatic heterocycles. The molecule has 5 rings (SSSR count). The van der Waals surface area contributed by atoms with Gasteiger partial charge in [0.25, 0.3) is 11.8 Å². The van der Waals surface area contributed by atoms with Gasteiger partial charge in [-0.1, -0.05) is 18.2 Å². The SMILES string of the molecule is O=C1CN(C(=O)c2ccc3n[nH]nc3c2)CCCCNC(=O)c2cccc(c2)-c2cc(ccc2O)CCN1. The molecule has 10 heteroatoms. The summed E-state index contributed by atoms with van der Waals surface area (Å²) in [4.78, 5) is 40.4. The third kappa shape index (κ3) is 5.64. The first kappa shape index (κ1) is 24.9. The third-order valence-electron chi connectivity index (χ3n) is 6.56. The second kappa shape index (κ2) is 11.1. The smallest absolute Gasteiger partial charge is 0.254 e. The van der Waals surface area contributed by atoms with Crippen molar-refractivity contribution in [3.8, 4) is 16.9 Å². The predicted octanol–water partition coefficient (Wildman–Crippen LogP) is 2.66. The molecular formula is C28H28N6O4. The lowest BCUT2D eigenvalue weighted by atomic mass is 9.98. The normalized spacial score (nSPS) is 15.3. The number of phenols is 1. The summed E-state index contributed by atoms with van der Waals surface area (Å²) >= 11 is 0. The highest BCUT2D eigenvalue weighted by atomic mass is 16.3. The fourth-order valence-electron chi connectivity index (χ4n) is 4.51. The molecule has 0 saturated heterocycles. The number of aromatic nitrogens is 3. The molecule has 4 N–H and O–H groups in total. The van der Waals surface area contributed by atoms with Crippen LogP contribution in [0.4, 0.5) is 0 Å². The van der Waals surface area contributed by atoms with Gasteiger partial charge < -0.3 is 20.6 Å². The van der Waals surface area contributed by atoms with Crippen LogP contribution in [-0.2, 0) is 11.2 Å². The zero-order valence-corrected chi connectivity index (χ0v) is 20.7. The van der Waals surface area contributed by atoms with Gasteiger partial charge >= 0.3 is 0 Å². The number of nitrogens with zero attached hydrogens (tertiary/aromatic N) is 3. The number of carbonyl (C=O) groups is 3. The number of amides is 3. The highest BCUT2D eigenvalue weighted by Crippen LogP contribution is 2.30. The van der Waals surface area contributed by atoms with Crippen LogP contribution in [0, 0.1) is 0 Å². The molecule has 1 aromatic heterocycles. The number of aromatic hydroxyl groups is 1. The molecule has 3 aromatic carbocycles. The van der Waals surface area contributed by atoms with Gasteiger partial charge in [-0.3, -0.25) is 14.4 Å². The Morgan fingerprint density at radius 3 is 2.61 bits per heavy atom. The van der Waals surface area contributed by atoms with E-state index in [4.69, 9.17) is 0 Å². The first-order valence-electron chi connectivity index (χ1n) is 12.5. The summed E-state index contributed by atoms with van der Waals surface area (Å²) in [5.41, 5.74) is 4.42. The van der Waals surface area contributed by atoms with Crippen molar-refractivity contribution < 1.29 is 19.5 Å². The molecule has 0 spiro atoms. The van der Waals surface area contributed by atoms with E-state index in [2.05, 4.69) is 26.0 Å². The maximum absolute atomic E-state index is 13.3. The van der Waals surface area contributed by atoms with E-state index in [1.54, 1.807) is 48.5 Å². The number of H-pyrrole nitrogens is 1. The summed E-state index contributed by atoms with van der Waals surface area (Å²) < 4.78 is 0. The van der Waals surface area contributed by atoms with Crippen LogP contribution < -0.4 is 10.6 Å². The minimum atomic E-state index is -0.275. The fourth-order valence-corrected chi connectivity index (χ4v) is 4.51. The largest absolute Gasteiger partial charge is 0.507 e. The monoisotopic (exact) mass is 512 g/mol. The third-order valence-corrected chi connectivity index (χ3v) is 6.56. The van der Waals surface area contributed by atoms with Gasteiger partial charge in [-0.25, -0.2) is 0 Å². The minimum absolute atomic E-state index is 0.0898. The van der Waals surface area contributed by atoms with Crippen molar-refractivity contribution >= 4 is 28.8 Å². The number of benzene rings is 3. The Kier molecular flexibility index (Phi) is 7.30. The molecule has 4 aromatic rings. The topological polar surface area (TPSA) is 140 Å². The molecule has 0 fully saturated rings. The van der Waals surface area contributed by atoms with Crippen molar-refractivity contribution in [1.82, 2.24) is 30.9 Å². The van der Waals surface area contributed by atoms with E-state index in [9.17, 15) is 19.5 Å². The zero-order chi connectivity index (χ0) is 26.5. The molecule has 0 aliphatic carbocycles. The van der Waals surface area contributed by atoms with Crippen LogP contribution in [0.3, 0.4) is 0 Å². The van der Waals surface area contributed by atoms with Crippen LogP contribution >= 0.6 is 0 Å². The summed E-state index contributed by atoms with van der Waals surface area (Å²) in [6, 6.07) is 17.4. The van der Waals surface area contributed by atoms with E-state index in [-0.39, 0.29) is 30.0 Å². The average Bonchev–Trinajstić information content (AvgIpc) is 3.40. The number of rotatable bonds is 1. The number of aromatic amines is 1. The Bertz CT molecular complexity index is 1500. The van der Waals surface area contributed by atoms with Crippen molar-refractivity contribution in [2.75, 3.05) is 26.2 Å². The van der Waals surface area contributed by atoms with Crippen LogP contribution in [-0.4, -0.2) is 69.3 Å². The Labute approximate surface area is 219 Å². The van der Waals surface area contributed by atoms with Gasteiger partial charge in [0.1, 0.15) is 16.8 Å². The number of phenolic OH excluding ortho intramolecular Hbond substituents is 1. The van der Waals surface area contributed by atoms with E-state index >= 15 is 0 Å². The van der Waals surface area contributed by atoms with E-state index in [0.717, 1.165) is 11.1 Å². The highest BCUT2D eigenvalue weighted by molar-refractivity contribution is 5.99. The first-order valence-corrected chi connectivity index (χ1v) is 12.5. The summed E-state index contributed by atoms with van der Waals surface area (Å²) in [6.07, 6.45) is 1.77. The van der Waals surface area contributed by atoms with Gasteiger partial charge in [-0.15, -0.1) is 0 Å². The second-order valence-corrected chi connectivity index (χ2v) is 9.25. The average molecular weight is 513 g/mol. The number of carbonyl (C=O) groups excluding carboxylic acids is 3. The summed E-state index contributed by atoms with van der Waals surface area (Å²) in [5.74, 6) is -0.634. The molecule has 1 aliphatic rings. The van der Waals surface area contributed by atoms with Gasteiger partial charge in [0.15, 0.2) is 0 Å². The molecule has 0 saturated carbocycles. The lowest BCUT2D eigenvalue weighted by molar-refractivity contribution is -0.121. The molecule has 2 heterocycles. The Morgan fingerprint density at radius 1 is 0.868 bits per heavy atom. The van der Waals surface area contributed by atoms with Gasteiger partial charge in [0.05, 0.1) is 6.54 Å². The fraction of sp³-hybridized carbons (Fsp3) is 0.250. The molecule has 194 valence electrons. The Balaban J connectivity index is 1.36. The van der Waals surface area contributed by atoms with Crippen LogP contribution in [0.2, 0.25) is 0 Å². The van der Waals surface area contributed by atoms with E-state index in [1.807, 2.05) is 12.1 Å². The highest BCUT2D eigenvalue weighted by Gasteiger charge is 2.20. The lowest BCUT2D eigenvalue weighted by Gasteiger charge is -2.22. The number of hydrogen-bond acceptors (Lipinski definition) is 6. The summed E-state index contributed by atoms with van der Waals surface area (Å²) in [7, 11) is 0. The van der Waals surface area contributed by atoms with E-state index in [0.29, 0.717) is 66.6 Å². The molecule has 3 amide bonds. The van der Waals surface area contributed by atoms with E-state index in [1.165, 1.54) is 4.90 Å². The van der Waals surface area contributed by atoms with Gasteiger partial charge in [0.2, 0.25) is 5.91 Å².